The predicted molar refractivity (Wildman–Crippen MR) is 87.3 cm³/mol. The van der Waals surface area contributed by atoms with Crippen molar-refractivity contribution in [2.24, 2.45) is 5.92 Å². The number of ether oxygens (including phenoxy) is 1. The predicted octanol–water partition coefficient (Wildman–Crippen LogP) is 0.760. The van der Waals surface area contributed by atoms with Gasteiger partial charge in [-0.05, 0) is 25.0 Å². The third kappa shape index (κ3) is 5.20. The summed E-state index contributed by atoms with van der Waals surface area (Å²) in [5.41, 5.74) is 0.508. The molecular weight excluding hydrogens is 336 g/mol. The first-order chi connectivity index (χ1) is 11.3. The fourth-order valence-corrected chi connectivity index (χ4v) is 3.38. The van der Waals surface area contributed by atoms with E-state index in [1.54, 1.807) is 24.3 Å². The van der Waals surface area contributed by atoms with Crippen molar-refractivity contribution in [3.05, 3.63) is 24.3 Å². The van der Waals surface area contributed by atoms with Crippen LogP contribution in [0.4, 0.5) is 5.69 Å². The average molecular weight is 356 g/mol. The fraction of sp³-hybridized carbons (Fsp3) is 0.467. The molecule has 0 spiro atoms. The van der Waals surface area contributed by atoms with Gasteiger partial charge in [0.25, 0.3) is 0 Å². The number of sulfonamides is 1. The lowest BCUT2D eigenvalue weighted by Crippen LogP contribution is -2.40. The van der Waals surface area contributed by atoms with Gasteiger partial charge in [-0.2, -0.15) is 0 Å². The van der Waals surface area contributed by atoms with Crippen LogP contribution in [0.2, 0.25) is 0 Å². The normalized spacial score (nSPS) is 16.5. The quantitative estimate of drug-likeness (QED) is 0.778. The van der Waals surface area contributed by atoms with Gasteiger partial charge in [0.1, 0.15) is 5.75 Å². The molecule has 0 radical (unpaired) electrons. The maximum absolute atomic E-state index is 12.3. The molecule has 2 rings (SSSR count). The lowest BCUT2D eigenvalue weighted by atomic mass is 9.97. The van der Waals surface area contributed by atoms with Crippen molar-refractivity contribution >= 4 is 27.6 Å². The number of aliphatic carboxylic acids is 1. The molecule has 2 N–H and O–H groups in total. The summed E-state index contributed by atoms with van der Waals surface area (Å²) >= 11 is 0. The Morgan fingerprint density at radius 1 is 1.33 bits per heavy atom. The Morgan fingerprint density at radius 3 is 2.58 bits per heavy atom. The molecule has 132 valence electrons. The summed E-state index contributed by atoms with van der Waals surface area (Å²) in [6.45, 7) is 0.207. The molecule has 9 heteroatoms. The summed E-state index contributed by atoms with van der Waals surface area (Å²) in [4.78, 5) is 22.8. The number of carbonyl (C=O) groups excluding carboxylic acids is 1. The molecule has 8 nitrogen and oxygen atoms in total. The molecule has 0 aromatic heterocycles. The van der Waals surface area contributed by atoms with Gasteiger partial charge < -0.3 is 15.2 Å². The van der Waals surface area contributed by atoms with Crippen molar-refractivity contribution in [2.45, 2.75) is 12.8 Å². The lowest BCUT2D eigenvalue weighted by Gasteiger charge is -2.29. The number of nitrogens with one attached hydrogen (secondary N) is 1. The Bertz CT molecular complexity index is 710. The highest BCUT2D eigenvalue weighted by atomic mass is 32.2. The third-order valence-electron chi connectivity index (χ3n) is 3.76. The number of carboxylic acid groups (broad SMARTS) is 1. The first-order valence-corrected chi connectivity index (χ1v) is 9.31. The molecule has 1 aliphatic rings. The van der Waals surface area contributed by atoms with E-state index >= 15 is 0 Å². The fourth-order valence-electron chi connectivity index (χ4n) is 2.50. The smallest absolute Gasteiger partial charge is 0.341 e. The topological polar surface area (TPSA) is 113 Å². The zero-order chi connectivity index (χ0) is 17.7. The minimum absolute atomic E-state index is 0.182. The summed E-state index contributed by atoms with van der Waals surface area (Å²) in [6.07, 6.45) is 2.10. The van der Waals surface area contributed by atoms with Gasteiger partial charge in [0.15, 0.2) is 6.61 Å². The van der Waals surface area contributed by atoms with Crippen LogP contribution in [-0.2, 0) is 19.6 Å². The summed E-state index contributed by atoms with van der Waals surface area (Å²) in [6, 6.07) is 6.48. The Labute approximate surface area is 140 Å². The van der Waals surface area contributed by atoms with E-state index in [4.69, 9.17) is 9.84 Å². The summed E-state index contributed by atoms with van der Waals surface area (Å²) in [5, 5.41) is 11.4. The summed E-state index contributed by atoms with van der Waals surface area (Å²) in [7, 11) is -3.22. The number of carboxylic acids is 1. The first-order valence-electron chi connectivity index (χ1n) is 7.46. The molecule has 1 amide bonds. The number of anilines is 1. The van der Waals surface area contributed by atoms with Gasteiger partial charge in [0, 0.05) is 30.8 Å². The van der Waals surface area contributed by atoms with Gasteiger partial charge in [-0.25, -0.2) is 17.5 Å². The van der Waals surface area contributed by atoms with Crippen LogP contribution in [0.3, 0.4) is 0 Å². The van der Waals surface area contributed by atoms with Crippen LogP contribution >= 0.6 is 0 Å². The van der Waals surface area contributed by atoms with Crippen LogP contribution in [0, 0.1) is 5.92 Å². The molecule has 1 saturated heterocycles. The second kappa shape index (κ2) is 7.63. The number of carbonyl (C=O) groups is 2. The van der Waals surface area contributed by atoms with Gasteiger partial charge in [-0.15, -0.1) is 0 Å². The van der Waals surface area contributed by atoms with Gasteiger partial charge in [0.05, 0.1) is 6.26 Å². The minimum Gasteiger partial charge on any atom is -0.482 e. The lowest BCUT2D eigenvalue weighted by molar-refractivity contribution is -0.139. The third-order valence-corrected chi connectivity index (χ3v) is 5.06. The Kier molecular flexibility index (Phi) is 5.79. The van der Waals surface area contributed by atoms with E-state index in [1.807, 2.05) is 0 Å². The van der Waals surface area contributed by atoms with Crippen LogP contribution in [-0.4, -0.2) is 55.7 Å². The number of nitrogens with zero attached hydrogens (tertiary/aromatic N) is 1. The molecule has 1 fully saturated rings. The van der Waals surface area contributed by atoms with E-state index in [9.17, 15) is 18.0 Å². The second-order valence-electron chi connectivity index (χ2n) is 5.64. The van der Waals surface area contributed by atoms with Crippen molar-refractivity contribution in [3.8, 4) is 5.75 Å². The number of hydrogen-bond donors (Lipinski definition) is 2. The molecule has 0 saturated carbocycles. The van der Waals surface area contributed by atoms with Crippen molar-refractivity contribution in [2.75, 3.05) is 31.3 Å². The molecule has 1 aromatic rings. The molecule has 1 heterocycles. The Hall–Kier alpha value is -2.13. The maximum atomic E-state index is 12.3. The van der Waals surface area contributed by atoms with Crippen molar-refractivity contribution in [1.82, 2.24) is 4.31 Å². The SMILES string of the molecule is CS(=O)(=O)N1CCC(C(=O)Nc2cccc(OCC(=O)O)c2)CC1. The molecule has 1 aliphatic heterocycles. The number of amides is 1. The van der Waals surface area contributed by atoms with Crippen molar-refractivity contribution < 1.29 is 27.9 Å². The van der Waals surface area contributed by atoms with Crippen LogP contribution in [0.5, 0.6) is 5.75 Å². The number of rotatable bonds is 6. The van der Waals surface area contributed by atoms with Gasteiger partial charge in [0.2, 0.25) is 15.9 Å². The van der Waals surface area contributed by atoms with Crippen LogP contribution in [0.15, 0.2) is 24.3 Å². The molecule has 24 heavy (non-hydrogen) atoms. The van der Waals surface area contributed by atoms with E-state index in [2.05, 4.69) is 5.32 Å². The van der Waals surface area contributed by atoms with Crippen LogP contribution < -0.4 is 10.1 Å². The molecule has 0 bridgehead atoms. The number of piperidine rings is 1. The molecule has 1 aromatic carbocycles. The van der Waals surface area contributed by atoms with Gasteiger partial charge in [-0.1, -0.05) is 6.07 Å². The molecule has 0 unspecified atom stereocenters. The number of hydrogen-bond acceptors (Lipinski definition) is 5. The van der Waals surface area contributed by atoms with E-state index < -0.39 is 22.6 Å². The Balaban J connectivity index is 1.91. The van der Waals surface area contributed by atoms with E-state index in [-0.39, 0.29) is 11.8 Å². The standard InChI is InChI=1S/C15H20N2O6S/c1-24(21,22)17-7-5-11(6-8-17)15(20)16-12-3-2-4-13(9-12)23-10-14(18)19/h2-4,9,11H,5-8,10H2,1H3,(H,16,20)(H,18,19). The monoisotopic (exact) mass is 356 g/mol. The van der Waals surface area contributed by atoms with Gasteiger partial charge in [-0.3, -0.25) is 4.79 Å². The van der Waals surface area contributed by atoms with E-state index in [1.165, 1.54) is 4.31 Å². The number of benzene rings is 1. The van der Waals surface area contributed by atoms with E-state index in [0.717, 1.165) is 6.26 Å². The Morgan fingerprint density at radius 2 is 2.00 bits per heavy atom. The minimum atomic E-state index is -3.22. The summed E-state index contributed by atoms with van der Waals surface area (Å²) < 4.78 is 29.4. The van der Waals surface area contributed by atoms with E-state index in [0.29, 0.717) is 37.4 Å². The van der Waals surface area contributed by atoms with Gasteiger partial charge >= 0.3 is 5.97 Å². The highest BCUT2D eigenvalue weighted by molar-refractivity contribution is 7.88. The molecular formula is C15H20N2O6S. The zero-order valence-electron chi connectivity index (χ0n) is 13.3. The van der Waals surface area contributed by atoms with Crippen molar-refractivity contribution in [1.29, 1.82) is 0 Å². The largest absolute Gasteiger partial charge is 0.482 e. The average Bonchev–Trinajstić information content (AvgIpc) is 2.52. The highest BCUT2D eigenvalue weighted by Crippen LogP contribution is 2.22. The first kappa shape index (κ1) is 18.2. The second-order valence-corrected chi connectivity index (χ2v) is 7.62. The van der Waals surface area contributed by atoms with Crippen LogP contribution in [0.1, 0.15) is 12.8 Å². The van der Waals surface area contributed by atoms with Crippen LogP contribution in [0.25, 0.3) is 0 Å². The summed E-state index contributed by atoms with van der Waals surface area (Å²) in [5.74, 6) is -1.17. The molecule has 0 aliphatic carbocycles. The highest BCUT2D eigenvalue weighted by Gasteiger charge is 2.28. The maximum Gasteiger partial charge on any atom is 0.341 e. The van der Waals surface area contributed by atoms with Crippen molar-refractivity contribution in [3.63, 3.8) is 0 Å². The zero-order valence-corrected chi connectivity index (χ0v) is 14.1. The molecule has 0 atom stereocenters.